The van der Waals surface area contributed by atoms with Gasteiger partial charge in [-0.1, -0.05) is 36.4 Å². The molecule has 0 radical (unpaired) electrons. The Morgan fingerprint density at radius 1 is 1.00 bits per heavy atom. The number of carbonyl (C=O) groups is 2. The van der Waals surface area contributed by atoms with E-state index in [0.717, 1.165) is 16.9 Å². The lowest BCUT2D eigenvalue weighted by Gasteiger charge is -2.43. The molecule has 0 fully saturated rings. The van der Waals surface area contributed by atoms with E-state index in [9.17, 15) is 9.59 Å². The Bertz CT molecular complexity index is 757. The molecule has 124 valence electrons. The fourth-order valence-corrected chi connectivity index (χ4v) is 3.68. The van der Waals surface area contributed by atoms with Gasteiger partial charge in [-0.05, 0) is 37.1 Å². The van der Waals surface area contributed by atoms with Gasteiger partial charge in [0, 0.05) is 31.3 Å². The van der Waals surface area contributed by atoms with Crippen LogP contribution in [-0.4, -0.2) is 17.9 Å². The molecule has 4 heteroatoms. The van der Waals surface area contributed by atoms with Crippen LogP contribution in [0, 0.1) is 0 Å². The van der Waals surface area contributed by atoms with Gasteiger partial charge < -0.3 is 9.80 Å². The van der Waals surface area contributed by atoms with Gasteiger partial charge in [-0.25, -0.2) is 0 Å². The fourth-order valence-electron chi connectivity index (χ4n) is 3.68. The van der Waals surface area contributed by atoms with Gasteiger partial charge in [-0.3, -0.25) is 9.59 Å². The predicted molar refractivity (Wildman–Crippen MR) is 96.0 cm³/mol. The minimum Gasteiger partial charge on any atom is -0.309 e. The number of fused-ring (bicyclic) bond motifs is 1. The summed E-state index contributed by atoms with van der Waals surface area (Å²) in [5, 5.41) is 0. The maximum Gasteiger partial charge on any atom is 0.224 e. The van der Waals surface area contributed by atoms with Gasteiger partial charge in [-0.15, -0.1) is 0 Å². The monoisotopic (exact) mass is 322 g/mol. The number of anilines is 2. The van der Waals surface area contributed by atoms with Crippen LogP contribution in [-0.2, 0) is 9.59 Å². The van der Waals surface area contributed by atoms with Gasteiger partial charge in [0.1, 0.15) is 0 Å². The highest BCUT2D eigenvalue weighted by Crippen LogP contribution is 2.42. The molecule has 4 nitrogen and oxygen atoms in total. The predicted octanol–water partition coefficient (Wildman–Crippen LogP) is 3.93. The molecule has 0 saturated carbocycles. The van der Waals surface area contributed by atoms with Crippen LogP contribution >= 0.6 is 0 Å². The van der Waals surface area contributed by atoms with E-state index in [2.05, 4.69) is 0 Å². The molecule has 2 atom stereocenters. The Morgan fingerprint density at radius 3 is 2.25 bits per heavy atom. The Kier molecular flexibility index (Phi) is 4.38. The van der Waals surface area contributed by atoms with E-state index in [1.54, 1.807) is 13.8 Å². The molecule has 3 rings (SSSR count). The number of para-hydroxylation sites is 2. The van der Waals surface area contributed by atoms with Gasteiger partial charge in [0.2, 0.25) is 11.8 Å². The number of hydrogen-bond donors (Lipinski definition) is 0. The second kappa shape index (κ2) is 6.48. The highest BCUT2D eigenvalue weighted by molar-refractivity contribution is 5.96. The van der Waals surface area contributed by atoms with Crippen molar-refractivity contribution in [2.75, 3.05) is 9.80 Å². The van der Waals surface area contributed by atoms with Gasteiger partial charge in [0.05, 0.1) is 6.04 Å². The molecule has 0 spiro atoms. The zero-order chi connectivity index (χ0) is 17.3. The lowest BCUT2D eigenvalue weighted by atomic mass is 9.90. The molecule has 2 aromatic carbocycles. The van der Waals surface area contributed by atoms with Crippen LogP contribution in [0.25, 0.3) is 0 Å². The number of benzene rings is 2. The van der Waals surface area contributed by atoms with E-state index in [4.69, 9.17) is 0 Å². The zero-order valence-corrected chi connectivity index (χ0v) is 14.3. The molecule has 0 unspecified atom stereocenters. The average Bonchev–Trinajstić information content (AvgIpc) is 2.55. The summed E-state index contributed by atoms with van der Waals surface area (Å²) in [6, 6.07) is 17.5. The van der Waals surface area contributed by atoms with Crippen molar-refractivity contribution in [1.29, 1.82) is 0 Å². The van der Waals surface area contributed by atoms with Gasteiger partial charge in [0.25, 0.3) is 0 Å². The molecule has 0 aliphatic carbocycles. The lowest BCUT2D eigenvalue weighted by molar-refractivity contribution is -0.117. The maximum atomic E-state index is 12.4. The number of nitrogens with zero attached hydrogens (tertiary/aromatic N) is 2. The van der Waals surface area contributed by atoms with Crippen LogP contribution in [0.5, 0.6) is 0 Å². The van der Waals surface area contributed by atoms with E-state index in [-0.39, 0.29) is 23.9 Å². The first-order chi connectivity index (χ1) is 11.5. The van der Waals surface area contributed by atoms with E-state index < -0.39 is 0 Å². The minimum atomic E-state index is -0.0771. The van der Waals surface area contributed by atoms with E-state index >= 15 is 0 Å². The van der Waals surface area contributed by atoms with Crippen molar-refractivity contribution < 1.29 is 9.59 Å². The van der Waals surface area contributed by atoms with Gasteiger partial charge in [0.15, 0.2) is 0 Å². The third-order valence-electron chi connectivity index (χ3n) is 4.58. The van der Waals surface area contributed by atoms with Crippen molar-refractivity contribution in [2.24, 2.45) is 0 Å². The van der Waals surface area contributed by atoms with Crippen LogP contribution < -0.4 is 9.80 Å². The SMILES string of the molecule is CC(=O)N(c1ccccc1)[C@@H]1C[C@H](C)N(C(C)=O)c2ccccc21. The van der Waals surface area contributed by atoms with Crippen molar-refractivity contribution in [2.45, 2.75) is 39.3 Å². The molecule has 1 aliphatic rings. The fraction of sp³-hybridized carbons (Fsp3) is 0.300. The summed E-state index contributed by atoms with van der Waals surface area (Å²) < 4.78 is 0. The Morgan fingerprint density at radius 2 is 1.62 bits per heavy atom. The average molecular weight is 322 g/mol. The van der Waals surface area contributed by atoms with E-state index in [1.165, 1.54) is 0 Å². The van der Waals surface area contributed by atoms with Gasteiger partial charge >= 0.3 is 0 Å². The minimum absolute atomic E-state index is 0.00415. The third-order valence-corrected chi connectivity index (χ3v) is 4.58. The Labute approximate surface area is 142 Å². The molecule has 0 N–H and O–H groups in total. The topological polar surface area (TPSA) is 40.6 Å². The number of amides is 2. The quantitative estimate of drug-likeness (QED) is 0.840. The summed E-state index contributed by atoms with van der Waals surface area (Å²) in [5.74, 6) is 0.0342. The Balaban J connectivity index is 2.12. The van der Waals surface area contributed by atoms with Crippen molar-refractivity contribution >= 4 is 23.2 Å². The normalized spacial score (nSPS) is 19.5. The van der Waals surface area contributed by atoms with Crippen LogP contribution in [0.1, 0.15) is 38.8 Å². The first-order valence-electron chi connectivity index (χ1n) is 8.24. The number of rotatable bonds is 2. The summed E-state index contributed by atoms with van der Waals surface area (Å²) in [4.78, 5) is 28.2. The summed E-state index contributed by atoms with van der Waals surface area (Å²) in [6.07, 6.45) is 0.713. The van der Waals surface area contributed by atoms with Crippen LogP contribution in [0.15, 0.2) is 54.6 Å². The van der Waals surface area contributed by atoms with Crippen molar-refractivity contribution in [1.82, 2.24) is 0 Å². The van der Waals surface area contributed by atoms with Gasteiger partial charge in [-0.2, -0.15) is 0 Å². The zero-order valence-electron chi connectivity index (χ0n) is 14.3. The van der Waals surface area contributed by atoms with Crippen LogP contribution in [0.3, 0.4) is 0 Å². The molecule has 2 amide bonds. The first-order valence-corrected chi connectivity index (χ1v) is 8.24. The first kappa shape index (κ1) is 16.2. The standard InChI is InChI=1S/C20H22N2O2/c1-14-13-20(22(16(3)24)17-9-5-4-6-10-17)18-11-7-8-12-19(18)21(14)15(2)23/h4-12,14,20H,13H2,1-3H3/t14-,20+/m0/s1. The number of hydrogen-bond acceptors (Lipinski definition) is 2. The highest BCUT2D eigenvalue weighted by Gasteiger charge is 2.36. The molecular weight excluding hydrogens is 300 g/mol. The molecule has 0 bridgehead atoms. The van der Waals surface area contributed by atoms with Crippen molar-refractivity contribution in [3.63, 3.8) is 0 Å². The van der Waals surface area contributed by atoms with E-state index in [1.807, 2.05) is 71.3 Å². The van der Waals surface area contributed by atoms with Crippen LogP contribution in [0.2, 0.25) is 0 Å². The maximum absolute atomic E-state index is 12.4. The largest absolute Gasteiger partial charge is 0.309 e. The summed E-state index contributed by atoms with van der Waals surface area (Å²) >= 11 is 0. The molecule has 1 heterocycles. The van der Waals surface area contributed by atoms with Crippen LogP contribution in [0.4, 0.5) is 11.4 Å². The second-order valence-corrected chi connectivity index (χ2v) is 6.27. The summed E-state index contributed by atoms with van der Waals surface area (Å²) in [6.45, 7) is 5.22. The molecule has 2 aromatic rings. The molecule has 1 aliphatic heterocycles. The van der Waals surface area contributed by atoms with Crippen molar-refractivity contribution in [3.8, 4) is 0 Å². The number of carbonyl (C=O) groups excluding carboxylic acids is 2. The lowest BCUT2D eigenvalue weighted by Crippen LogP contribution is -2.46. The highest BCUT2D eigenvalue weighted by atomic mass is 16.2. The Hall–Kier alpha value is -2.62. The summed E-state index contributed by atoms with van der Waals surface area (Å²) in [7, 11) is 0. The molecule has 0 aromatic heterocycles. The van der Waals surface area contributed by atoms with Crippen molar-refractivity contribution in [3.05, 3.63) is 60.2 Å². The smallest absolute Gasteiger partial charge is 0.224 e. The summed E-state index contributed by atoms with van der Waals surface area (Å²) in [5.41, 5.74) is 2.80. The molecule has 0 saturated heterocycles. The third kappa shape index (κ3) is 2.80. The molecular formula is C20H22N2O2. The van der Waals surface area contributed by atoms with E-state index in [0.29, 0.717) is 6.42 Å². The second-order valence-electron chi connectivity index (χ2n) is 6.27. The molecule has 24 heavy (non-hydrogen) atoms.